The lowest BCUT2D eigenvalue weighted by atomic mass is 10.3. The van der Waals surface area contributed by atoms with E-state index in [-0.39, 0.29) is 27.6 Å². The van der Waals surface area contributed by atoms with Gasteiger partial charge < -0.3 is 9.72 Å². The number of alkyl halides is 6. The van der Waals surface area contributed by atoms with Crippen LogP contribution >= 0.6 is 11.8 Å². The number of aromatic nitrogens is 3. The number of H-pyrrole nitrogens is 1. The number of thioether (sulfide) groups is 1. The second kappa shape index (κ2) is 7.41. The Morgan fingerprint density at radius 1 is 1.04 bits per heavy atom. The van der Waals surface area contributed by atoms with Crippen LogP contribution in [0.2, 0.25) is 0 Å². The summed E-state index contributed by atoms with van der Waals surface area (Å²) >= 11 is 0.326. The molecule has 0 amide bonds. The van der Waals surface area contributed by atoms with E-state index in [1.165, 1.54) is 36.5 Å². The predicted octanol–water partition coefficient (Wildman–Crippen LogP) is 4.31. The van der Waals surface area contributed by atoms with Crippen molar-refractivity contribution in [3.8, 4) is 11.4 Å². The Kier molecular flexibility index (Phi) is 5.33. The average molecular weight is 423 g/mol. The van der Waals surface area contributed by atoms with Crippen molar-refractivity contribution in [3.63, 3.8) is 0 Å². The molecule has 0 aliphatic carbocycles. The number of nitrogens with one attached hydrogen (secondary N) is 1. The summed E-state index contributed by atoms with van der Waals surface area (Å²) in [4.78, 5) is 19.4. The first-order valence-corrected chi connectivity index (χ1v) is 8.62. The van der Waals surface area contributed by atoms with Crippen LogP contribution in [0, 0.1) is 0 Å². The molecule has 0 unspecified atom stereocenters. The summed E-state index contributed by atoms with van der Waals surface area (Å²) in [6.45, 7) is -1.49. The van der Waals surface area contributed by atoms with E-state index < -0.39 is 30.3 Å². The van der Waals surface area contributed by atoms with Crippen LogP contribution in [0.4, 0.5) is 26.3 Å². The van der Waals surface area contributed by atoms with E-state index in [1.54, 1.807) is 0 Å². The Morgan fingerprint density at radius 3 is 2.32 bits per heavy atom. The molecule has 0 aliphatic rings. The van der Waals surface area contributed by atoms with E-state index in [9.17, 15) is 31.1 Å². The number of nitrogens with zero attached hydrogens (tertiary/aromatic N) is 2. The zero-order chi connectivity index (χ0) is 20.5. The summed E-state index contributed by atoms with van der Waals surface area (Å²) < 4.78 is 80.0. The molecule has 1 N–H and O–H groups in total. The maximum Gasteiger partial charge on any atom is 0.422 e. The Bertz CT molecular complexity index is 1020. The third-order valence-electron chi connectivity index (χ3n) is 3.42. The molecule has 5 nitrogen and oxygen atoms in total. The van der Waals surface area contributed by atoms with Gasteiger partial charge in [-0.25, -0.2) is 4.98 Å². The van der Waals surface area contributed by atoms with Crippen LogP contribution in [0.15, 0.2) is 46.5 Å². The maximum atomic E-state index is 12.7. The minimum absolute atomic E-state index is 0.102. The molecule has 0 radical (unpaired) electrons. The normalized spacial score (nSPS) is 12.5. The molecular weight excluding hydrogens is 412 g/mol. The Labute approximate surface area is 157 Å². The van der Waals surface area contributed by atoms with Crippen LogP contribution < -0.4 is 10.3 Å². The standard InChI is InChI=1S/C16H11F6N3O2S/c17-15(18,19)7-27-10-3-1-9(2-4-10)25-13(26)11-5-6-23-12(11)24-14(25)28-8-16(20,21)22/h1-6,23H,7-8H2. The molecule has 3 rings (SSSR count). The summed E-state index contributed by atoms with van der Waals surface area (Å²) in [6, 6.07) is 6.34. The first kappa shape index (κ1) is 20.1. The molecule has 2 heterocycles. The Hall–Kier alpha value is -2.63. The number of benzene rings is 1. The third kappa shape index (κ3) is 4.80. The predicted molar refractivity (Wildman–Crippen MR) is 90.0 cm³/mol. The van der Waals surface area contributed by atoms with Crippen molar-refractivity contribution < 1.29 is 31.1 Å². The van der Waals surface area contributed by atoms with Crippen molar-refractivity contribution in [3.05, 3.63) is 46.9 Å². The zero-order valence-corrected chi connectivity index (χ0v) is 14.6. The molecule has 0 atom stereocenters. The van der Waals surface area contributed by atoms with Crippen molar-refractivity contribution in [2.75, 3.05) is 12.4 Å². The van der Waals surface area contributed by atoms with E-state index in [0.29, 0.717) is 11.8 Å². The van der Waals surface area contributed by atoms with Crippen LogP contribution in [0.1, 0.15) is 0 Å². The van der Waals surface area contributed by atoms with Gasteiger partial charge in [-0.2, -0.15) is 26.3 Å². The molecule has 0 aliphatic heterocycles. The van der Waals surface area contributed by atoms with Gasteiger partial charge in [0, 0.05) is 6.20 Å². The van der Waals surface area contributed by atoms with Gasteiger partial charge >= 0.3 is 12.4 Å². The number of ether oxygens (including phenoxy) is 1. The molecule has 150 valence electrons. The van der Waals surface area contributed by atoms with Gasteiger partial charge in [-0.3, -0.25) is 9.36 Å². The summed E-state index contributed by atoms with van der Waals surface area (Å²) in [6.07, 6.45) is -7.57. The average Bonchev–Trinajstić information content (AvgIpc) is 3.06. The fraction of sp³-hybridized carbons (Fsp3) is 0.250. The number of aromatic amines is 1. The maximum absolute atomic E-state index is 12.7. The SMILES string of the molecule is O=c1c2cc[nH]c2nc(SCC(F)(F)F)n1-c1ccc(OCC(F)(F)F)cc1. The summed E-state index contributed by atoms with van der Waals surface area (Å²) in [5.41, 5.74) is -0.333. The molecule has 12 heteroatoms. The quantitative estimate of drug-likeness (QED) is 0.378. The van der Waals surface area contributed by atoms with Gasteiger partial charge in [-0.15, -0.1) is 0 Å². The van der Waals surface area contributed by atoms with Gasteiger partial charge in [-0.1, -0.05) is 11.8 Å². The number of rotatable bonds is 5. The monoisotopic (exact) mass is 423 g/mol. The van der Waals surface area contributed by atoms with Crippen LogP contribution in [0.5, 0.6) is 5.75 Å². The molecule has 0 spiro atoms. The van der Waals surface area contributed by atoms with Crippen molar-refractivity contribution in [2.24, 2.45) is 0 Å². The van der Waals surface area contributed by atoms with E-state index in [2.05, 4.69) is 14.7 Å². The van der Waals surface area contributed by atoms with Gasteiger partial charge in [0.25, 0.3) is 5.56 Å². The van der Waals surface area contributed by atoms with Crippen molar-refractivity contribution in [2.45, 2.75) is 17.5 Å². The second-order valence-corrected chi connectivity index (χ2v) is 6.52. The van der Waals surface area contributed by atoms with Crippen LogP contribution in [-0.4, -0.2) is 39.2 Å². The van der Waals surface area contributed by atoms with Gasteiger partial charge in [0.15, 0.2) is 11.8 Å². The van der Waals surface area contributed by atoms with E-state index >= 15 is 0 Å². The molecule has 0 bridgehead atoms. The topological polar surface area (TPSA) is 59.9 Å². The van der Waals surface area contributed by atoms with Crippen molar-refractivity contribution >= 4 is 22.8 Å². The van der Waals surface area contributed by atoms with Crippen molar-refractivity contribution in [1.29, 1.82) is 0 Å². The summed E-state index contributed by atoms with van der Waals surface area (Å²) in [5, 5.41) is -0.0463. The molecule has 2 aromatic heterocycles. The molecule has 0 saturated carbocycles. The number of hydrogen-bond donors (Lipinski definition) is 1. The lowest BCUT2D eigenvalue weighted by Gasteiger charge is -2.14. The fourth-order valence-electron chi connectivity index (χ4n) is 2.31. The minimum Gasteiger partial charge on any atom is -0.484 e. The van der Waals surface area contributed by atoms with Gasteiger partial charge in [-0.05, 0) is 30.3 Å². The number of hydrogen-bond acceptors (Lipinski definition) is 4. The first-order valence-electron chi connectivity index (χ1n) is 7.63. The number of fused-ring (bicyclic) bond motifs is 1. The van der Waals surface area contributed by atoms with E-state index in [1.807, 2.05) is 0 Å². The van der Waals surface area contributed by atoms with E-state index in [4.69, 9.17) is 0 Å². The van der Waals surface area contributed by atoms with Crippen LogP contribution in [0.25, 0.3) is 16.7 Å². The molecule has 28 heavy (non-hydrogen) atoms. The zero-order valence-electron chi connectivity index (χ0n) is 13.8. The molecule has 0 fully saturated rings. The van der Waals surface area contributed by atoms with Crippen LogP contribution in [-0.2, 0) is 0 Å². The van der Waals surface area contributed by atoms with Gasteiger partial charge in [0.05, 0.1) is 16.8 Å². The summed E-state index contributed by atoms with van der Waals surface area (Å²) in [5.74, 6) is -1.37. The minimum atomic E-state index is -4.51. The fourth-order valence-corrected chi connectivity index (χ4v) is 3.07. The lowest BCUT2D eigenvalue weighted by molar-refractivity contribution is -0.153. The Balaban J connectivity index is 1.98. The Morgan fingerprint density at radius 2 is 1.71 bits per heavy atom. The van der Waals surface area contributed by atoms with Gasteiger partial charge in [0.2, 0.25) is 0 Å². The van der Waals surface area contributed by atoms with Crippen LogP contribution in [0.3, 0.4) is 0 Å². The third-order valence-corrected chi connectivity index (χ3v) is 4.42. The first-order chi connectivity index (χ1) is 13.0. The molecule has 3 aromatic rings. The van der Waals surface area contributed by atoms with Crippen molar-refractivity contribution in [1.82, 2.24) is 14.5 Å². The smallest absolute Gasteiger partial charge is 0.422 e. The molecule has 1 aromatic carbocycles. The molecule has 0 saturated heterocycles. The highest BCUT2D eigenvalue weighted by Gasteiger charge is 2.29. The van der Waals surface area contributed by atoms with Gasteiger partial charge in [0.1, 0.15) is 11.4 Å². The highest BCUT2D eigenvalue weighted by molar-refractivity contribution is 7.99. The number of halogens is 6. The highest BCUT2D eigenvalue weighted by atomic mass is 32.2. The van der Waals surface area contributed by atoms with E-state index in [0.717, 1.165) is 4.57 Å². The second-order valence-electron chi connectivity index (χ2n) is 5.58. The summed E-state index contributed by atoms with van der Waals surface area (Å²) in [7, 11) is 0. The molecular formula is C16H11F6N3O2S. The largest absolute Gasteiger partial charge is 0.484 e. The highest BCUT2D eigenvalue weighted by Crippen LogP contribution is 2.28. The lowest BCUT2D eigenvalue weighted by Crippen LogP contribution is -2.22.